The number of hydrogen-bond acceptors (Lipinski definition) is 2. The minimum Gasteiger partial charge on any atom is -0.372 e. The van der Waals surface area contributed by atoms with Crippen LogP contribution in [0.3, 0.4) is 0 Å². The smallest absolute Gasteiger partial charge is 0.246 e. The van der Waals surface area contributed by atoms with Gasteiger partial charge in [0, 0.05) is 4.47 Å². The van der Waals surface area contributed by atoms with Gasteiger partial charge in [0.2, 0.25) is 5.91 Å². The molecule has 1 unspecified atom stereocenters. The minimum atomic E-state index is -0.222. The van der Waals surface area contributed by atoms with Gasteiger partial charge in [0.15, 0.2) is 0 Å². The van der Waals surface area contributed by atoms with Crippen molar-refractivity contribution in [2.45, 2.75) is 13.0 Å². The lowest BCUT2D eigenvalue weighted by atomic mass is 10.1. The van der Waals surface area contributed by atoms with E-state index in [9.17, 15) is 4.79 Å². The van der Waals surface area contributed by atoms with Crippen molar-refractivity contribution in [1.82, 2.24) is 0 Å². The van der Waals surface area contributed by atoms with Gasteiger partial charge in [-0.05, 0) is 35.0 Å². The molecule has 0 spiro atoms. The molecule has 0 bridgehead atoms. The summed E-state index contributed by atoms with van der Waals surface area (Å²) in [5.74, 6) is -0.0718. The molecule has 0 aliphatic carbocycles. The molecule has 5 heteroatoms. The number of hydrogen-bond donors (Lipinski definition) is 2. The van der Waals surface area contributed by atoms with Gasteiger partial charge < -0.3 is 10.6 Å². The fourth-order valence-electron chi connectivity index (χ4n) is 1.32. The molecule has 74 valence electrons. The highest BCUT2D eigenvalue weighted by molar-refractivity contribution is 9.10. The van der Waals surface area contributed by atoms with Gasteiger partial charge >= 0.3 is 0 Å². The van der Waals surface area contributed by atoms with Crippen LogP contribution in [-0.4, -0.2) is 11.9 Å². The van der Waals surface area contributed by atoms with Crippen LogP contribution in [0.25, 0.3) is 0 Å². The Morgan fingerprint density at radius 3 is 2.93 bits per heavy atom. The van der Waals surface area contributed by atoms with Crippen LogP contribution in [0, 0.1) is 0 Å². The molecular formula is C9H8BrClN2O. The Balaban J connectivity index is 2.52. The molecular weight excluding hydrogens is 267 g/mol. The molecule has 2 rings (SSSR count). The lowest BCUT2D eigenvalue weighted by Gasteiger charge is -2.25. The molecule has 0 fully saturated rings. The summed E-state index contributed by atoms with van der Waals surface area (Å²) in [5, 5.41) is 6.34. The van der Waals surface area contributed by atoms with Crippen molar-refractivity contribution < 1.29 is 4.79 Å². The normalized spacial score (nSPS) is 19.6. The van der Waals surface area contributed by atoms with Crippen LogP contribution in [0.1, 0.15) is 6.92 Å². The van der Waals surface area contributed by atoms with Crippen LogP contribution in [0.15, 0.2) is 16.6 Å². The summed E-state index contributed by atoms with van der Waals surface area (Å²) < 4.78 is 0.773. The Bertz CT molecular complexity index is 408. The molecule has 1 atom stereocenters. The van der Waals surface area contributed by atoms with Gasteiger partial charge in [0.1, 0.15) is 6.04 Å². The summed E-state index contributed by atoms with van der Waals surface area (Å²) >= 11 is 9.32. The Hall–Kier alpha value is -0.740. The minimum absolute atomic E-state index is 0.0718. The summed E-state index contributed by atoms with van der Waals surface area (Å²) in [6.45, 7) is 1.80. The maximum Gasteiger partial charge on any atom is 0.246 e. The lowest BCUT2D eigenvalue weighted by Crippen LogP contribution is -2.36. The molecule has 1 aliphatic rings. The number of rotatable bonds is 0. The first-order chi connectivity index (χ1) is 6.59. The molecule has 1 aromatic rings. The Kier molecular flexibility index (Phi) is 2.41. The lowest BCUT2D eigenvalue weighted by molar-refractivity contribution is -0.116. The fourth-order valence-corrected chi connectivity index (χ4v) is 1.87. The third kappa shape index (κ3) is 1.48. The van der Waals surface area contributed by atoms with E-state index in [4.69, 9.17) is 11.6 Å². The molecule has 3 nitrogen and oxygen atoms in total. The fraction of sp³-hybridized carbons (Fsp3) is 0.222. The topological polar surface area (TPSA) is 41.1 Å². The van der Waals surface area contributed by atoms with Crippen molar-refractivity contribution in [3.8, 4) is 0 Å². The monoisotopic (exact) mass is 274 g/mol. The average molecular weight is 276 g/mol. The predicted molar refractivity (Wildman–Crippen MR) is 60.9 cm³/mol. The number of amides is 1. The van der Waals surface area contributed by atoms with Crippen LogP contribution < -0.4 is 10.6 Å². The van der Waals surface area contributed by atoms with Gasteiger partial charge in [-0.1, -0.05) is 11.6 Å². The first kappa shape index (κ1) is 9.80. The van der Waals surface area contributed by atoms with E-state index in [-0.39, 0.29) is 11.9 Å². The van der Waals surface area contributed by atoms with E-state index in [2.05, 4.69) is 26.6 Å². The largest absolute Gasteiger partial charge is 0.372 e. The van der Waals surface area contributed by atoms with Crippen LogP contribution in [0.5, 0.6) is 0 Å². The van der Waals surface area contributed by atoms with Crippen LogP contribution >= 0.6 is 27.5 Å². The van der Waals surface area contributed by atoms with E-state index < -0.39 is 0 Å². The second-order valence-electron chi connectivity index (χ2n) is 3.14. The highest BCUT2D eigenvalue weighted by Crippen LogP contribution is 2.38. The van der Waals surface area contributed by atoms with Gasteiger partial charge in [-0.3, -0.25) is 4.79 Å². The zero-order chi connectivity index (χ0) is 10.3. The van der Waals surface area contributed by atoms with Crippen LogP contribution in [0.2, 0.25) is 5.02 Å². The summed E-state index contributed by atoms with van der Waals surface area (Å²) in [6.07, 6.45) is 0. The first-order valence-electron chi connectivity index (χ1n) is 4.15. The summed E-state index contributed by atoms with van der Waals surface area (Å²) in [5.41, 5.74) is 1.49. The van der Waals surface area contributed by atoms with Gasteiger partial charge in [0.25, 0.3) is 0 Å². The van der Waals surface area contributed by atoms with Crippen molar-refractivity contribution >= 4 is 44.8 Å². The molecule has 0 radical (unpaired) electrons. The van der Waals surface area contributed by atoms with Crippen molar-refractivity contribution in [2.24, 2.45) is 0 Å². The molecule has 2 N–H and O–H groups in total. The number of fused-ring (bicyclic) bond motifs is 1. The predicted octanol–water partition coefficient (Wildman–Crippen LogP) is 2.86. The highest BCUT2D eigenvalue weighted by Gasteiger charge is 2.23. The number of halogens is 2. The highest BCUT2D eigenvalue weighted by atomic mass is 79.9. The Labute approximate surface area is 95.0 Å². The standard InChI is InChI=1S/C9H8BrClN2O/c1-4-9(14)13-8-6(12-4)3-2-5(10)7(8)11/h2-4,12H,1H3,(H,13,14). The van der Waals surface area contributed by atoms with Gasteiger partial charge in [0.05, 0.1) is 16.4 Å². The van der Waals surface area contributed by atoms with Crippen molar-refractivity contribution in [3.63, 3.8) is 0 Å². The summed E-state index contributed by atoms with van der Waals surface area (Å²) in [4.78, 5) is 11.4. The Morgan fingerprint density at radius 1 is 1.50 bits per heavy atom. The number of benzene rings is 1. The van der Waals surface area contributed by atoms with E-state index in [1.54, 1.807) is 6.92 Å². The molecule has 1 aliphatic heterocycles. The van der Waals surface area contributed by atoms with E-state index in [1.165, 1.54) is 0 Å². The van der Waals surface area contributed by atoms with E-state index in [0.717, 1.165) is 10.2 Å². The molecule has 0 saturated carbocycles. The number of carbonyl (C=O) groups excluding carboxylic acids is 1. The SMILES string of the molecule is CC1Nc2ccc(Br)c(Cl)c2NC1=O. The summed E-state index contributed by atoms with van der Waals surface area (Å²) in [7, 11) is 0. The van der Waals surface area contributed by atoms with Gasteiger partial charge in [-0.25, -0.2) is 0 Å². The van der Waals surface area contributed by atoms with Crippen LogP contribution in [0.4, 0.5) is 11.4 Å². The second-order valence-corrected chi connectivity index (χ2v) is 4.37. The average Bonchev–Trinajstić information content (AvgIpc) is 2.15. The third-order valence-electron chi connectivity index (χ3n) is 2.11. The van der Waals surface area contributed by atoms with Gasteiger partial charge in [-0.15, -0.1) is 0 Å². The quantitative estimate of drug-likeness (QED) is 0.764. The third-order valence-corrected chi connectivity index (χ3v) is 3.39. The number of nitrogens with one attached hydrogen (secondary N) is 2. The number of carbonyl (C=O) groups is 1. The second kappa shape index (κ2) is 3.44. The van der Waals surface area contributed by atoms with E-state index in [1.807, 2.05) is 12.1 Å². The van der Waals surface area contributed by atoms with Crippen molar-refractivity contribution in [3.05, 3.63) is 21.6 Å². The molecule has 14 heavy (non-hydrogen) atoms. The van der Waals surface area contributed by atoms with Crippen LogP contribution in [-0.2, 0) is 4.79 Å². The van der Waals surface area contributed by atoms with Crippen molar-refractivity contribution in [1.29, 1.82) is 0 Å². The maximum atomic E-state index is 11.4. The Morgan fingerprint density at radius 2 is 2.21 bits per heavy atom. The first-order valence-corrected chi connectivity index (χ1v) is 5.32. The molecule has 1 amide bonds. The van der Waals surface area contributed by atoms with Gasteiger partial charge in [-0.2, -0.15) is 0 Å². The molecule has 0 saturated heterocycles. The van der Waals surface area contributed by atoms with E-state index in [0.29, 0.717) is 10.7 Å². The zero-order valence-corrected chi connectivity index (χ0v) is 9.74. The number of anilines is 2. The molecule has 0 aromatic heterocycles. The molecule has 1 aromatic carbocycles. The zero-order valence-electron chi connectivity index (χ0n) is 7.40. The van der Waals surface area contributed by atoms with E-state index >= 15 is 0 Å². The summed E-state index contributed by atoms with van der Waals surface area (Å²) in [6, 6.07) is 3.50. The van der Waals surface area contributed by atoms with Crippen molar-refractivity contribution in [2.75, 3.05) is 10.6 Å². The molecule has 1 heterocycles. The maximum absolute atomic E-state index is 11.4.